The summed E-state index contributed by atoms with van der Waals surface area (Å²) in [5, 5.41) is 0. The van der Waals surface area contributed by atoms with E-state index in [4.69, 9.17) is 9.47 Å². The first-order valence-electron chi connectivity index (χ1n) is 8.43. The molecule has 0 aliphatic rings. The van der Waals surface area contributed by atoms with E-state index < -0.39 is 0 Å². The van der Waals surface area contributed by atoms with Crippen LogP contribution in [0.5, 0.6) is 11.5 Å². The summed E-state index contributed by atoms with van der Waals surface area (Å²) in [6.45, 7) is 6.47. The van der Waals surface area contributed by atoms with Gasteiger partial charge in [-0.05, 0) is 55.5 Å². The smallest absolute Gasteiger partial charge is 0.130 e. The molecule has 2 heteroatoms. The van der Waals surface area contributed by atoms with Crippen molar-refractivity contribution in [2.75, 3.05) is 14.2 Å². The van der Waals surface area contributed by atoms with Crippen LogP contribution in [0.1, 0.15) is 42.9 Å². The summed E-state index contributed by atoms with van der Waals surface area (Å²) in [6, 6.07) is 10.8. The van der Waals surface area contributed by atoms with Gasteiger partial charge in [-0.3, -0.25) is 0 Å². The number of methoxy groups -OCH3 is 2. The molecule has 0 spiro atoms. The van der Waals surface area contributed by atoms with Gasteiger partial charge in [0.25, 0.3) is 0 Å². The van der Waals surface area contributed by atoms with Crippen LogP contribution in [0.3, 0.4) is 0 Å². The van der Waals surface area contributed by atoms with Gasteiger partial charge in [-0.25, -0.2) is 0 Å². The molecule has 0 fully saturated rings. The highest BCUT2D eigenvalue weighted by Gasteiger charge is 2.16. The molecule has 0 radical (unpaired) electrons. The lowest BCUT2D eigenvalue weighted by atomic mass is 9.94. The molecule has 0 bridgehead atoms. The van der Waals surface area contributed by atoms with Crippen LogP contribution in [-0.2, 0) is 6.42 Å². The molecule has 2 nitrogen and oxygen atoms in total. The van der Waals surface area contributed by atoms with Crippen LogP contribution in [0.2, 0.25) is 0 Å². The Hall–Kier alpha value is -1.96. The summed E-state index contributed by atoms with van der Waals surface area (Å²) in [4.78, 5) is 0. The lowest BCUT2D eigenvalue weighted by molar-refractivity contribution is 0.396. The molecule has 0 saturated carbocycles. The van der Waals surface area contributed by atoms with Crippen molar-refractivity contribution in [3.05, 3.63) is 47.0 Å². The summed E-state index contributed by atoms with van der Waals surface area (Å²) in [5.41, 5.74) is 5.98. The zero-order chi connectivity index (χ0) is 16.8. The van der Waals surface area contributed by atoms with Crippen LogP contribution in [0.4, 0.5) is 0 Å². The first-order valence-corrected chi connectivity index (χ1v) is 8.43. The summed E-state index contributed by atoms with van der Waals surface area (Å²) in [6.07, 6.45) is 4.75. The maximum absolute atomic E-state index is 5.70. The molecule has 0 atom stereocenters. The molecule has 0 unspecified atom stereocenters. The number of rotatable bonds is 7. The molecule has 0 N–H and O–H groups in total. The Morgan fingerprint density at radius 2 is 1.52 bits per heavy atom. The van der Waals surface area contributed by atoms with E-state index >= 15 is 0 Å². The van der Waals surface area contributed by atoms with Crippen molar-refractivity contribution in [3.8, 4) is 22.6 Å². The molecule has 0 aliphatic heterocycles. The van der Waals surface area contributed by atoms with E-state index in [1.165, 1.54) is 41.5 Å². The topological polar surface area (TPSA) is 18.5 Å². The number of hydrogen-bond donors (Lipinski definition) is 0. The van der Waals surface area contributed by atoms with E-state index in [0.717, 1.165) is 23.5 Å². The van der Waals surface area contributed by atoms with Gasteiger partial charge in [0.1, 0.15) is 11.5 Å². The highest BCUT2D eigenvalue weighted by molar-refractivity contribution is 5.80. The lowest BCUT2D eigenvalue weighted by Gasteiger charge is -2.17. The second kappa shape index (κ2) is 8.05. The van der Waals surface area contributed by atoms with Crippen LogP contribution >= 0.6 is 0 Å². The molecule has 2 aromatic rings. The van der Waals surface area contributed by atoms with Crippen LogP contribution in [0.15, 0.2) is 30.3 Å². The minimum absolute atomic E-state index is 0.893. The van der Waals surface area contributed by atoms with Gasteiger partial charge in [-0.2, -0.15) is 0 Å². The molecule has 2 aromatic carbocycles. The van der Waals surface area contributed by atoms with E-state index in [1.54, 1.807) is 14.2 Å². The monoisotopic (exact) mass is 312 g/mol. The Kier molecular flexibility index (Phi) is 6.09. The van der Waals surface area contributed by atoms with Gasteiger partial charge in [0.15, 0.2) is 0 Å². The Morgan fingerprint density at radius 1 is 0.870 bits per heavy atom. The van der Waals surface area contributed by atoms with Crippen molar-refractivity contribution in [1.82, 2.24) is 0 Å². The molecule has 0 amide bonds. The third-order valence-corrected chi connectivity index (χ3v) is 4.30. The molecular weight excluding hydrogens is 284 g/mol. The Morgan fingerprint density at radius 3 is 2.09 bits per heavy atom. The average Bonchev–Trinajstić information content (AvgIpc) is 2.56. The van der Waals surface area contributed by atoms with Crippen LogP contribution in [0.25, 0.3) is 11.1 Å². The van der Waals surface area contributed by atoms with Gasteiger partial charge in [0.2, 0.25) is 0 Å². The minimum atomic E-state index is 0.893. The van der Waals surface area contributed by atoms with Gasteiger partial charge in [-0.1, -0.05) is 43.5 Å². The van der Waals surface area contributed by atoms with Crippen molar-refractivity contribution in [1.29, 1.82) is 0 Å². The number of ether oxygens (including phenoxy) is 2. The largest absolute Gasteiger partial charge is 0.496 e. The van der Waals surface area contributed by atoms with Crippen molar-refractivity contribution in [3.63, 3.8) is 0 Å². The first kappa shape index (κ1) is 17.4. The third-order valence-electron chi connectivity index (χ3n) is 4.30. The molecule has 23 heavy (non-hydrogen) atoms. The predicted octanol–water partition coefficient (Wildman–Crippen LogP) is 5.72. The van der Waals surface area contributed by atoms with Crippen molar-refractivity contribution in [2.45, 2.75) is 46.5 Å². The van der Waals surface area contributed by atoms with Gasteiger partial charge in [-0.15, -0.1) is 0 Å². The predicted molar refractivity (Wildman–Crippen MR) is 97.7 cm³/mol. The standard InChI is InChI=1S/C21H28O2/c1-6-7-8-9-17-13-19(22-4)21(20(14-17)23-5)18-12-15(2)10-11-16(18)3/h10-14H,6-9H2,1-5H3. The normalized spacial score (nSPS) is 10.7. The van der Waals surface area contributed by atoms with Crippen molar-refractivity contribution in [2.24, 2.45) is 0 Å². The minimum Gasteiger partial charge on any atom is -0.496 e. The second-order valence-electron chi connectivity index (χ2n) is 6.15. The lowest BCUT2D eigenvalue weighted by Crippen LogP contribution is -1.98. The quantitative estimate of drug-likeness (QED) is 0.609. The maximum atomic E-state index is 5.70. The number of hydrogen-bond acceptors (Lipinski definition) is 2. The van der Waals surface area contributed by atoms with Gasteiger partial charge < -0.3 is 9.47 Å². The highest BCUT2D eigenvalue weighted by atomic mass is 16.5. The zero-order valence-electron chi connectivity index (χ0n) is 15.0. The molecular formula is C21H28O2. The molecule has 124 valence electrons. The number of benzene rings is 2. The van der Waals surface area contributed by atoms with E-state index in [2.05, 4.69) is 51.1 Å². The third kappa shape index (κ3) is 4.07. The molecule has 0 saturated heterocycles. The fourth-order valence-corrected chi connectivity index (χ4v) is 2.96. The van der Waals surface area contributed by atoms with Crippen LogP contribution in [-0.4, -0.2) is 14.2 Å². The van der Waals surface area contributed by atoms with E-state index in [-0.39, 0.29) is 0 Å². The second-order valence-corrected chi connectivity index (χ2v) is 6.15. The highest BCUT2D eigenvalue weighted by Crippen LogP contribution is 2.41. The summed E-state index contributed by atoms with van der Waals surface area (Å²) in [5.74, 6) is 1.79. The van der Waals surface area contributed by atoms with Crippen molar-refractivity contribution >= 4 is 0 Å². The average molecular weight is 312 g/mol. The Labute approximate surface area is 140 Å². The van der Waals surface area contributed by atoms with Gasteiger partial charge >= 0.3 is 0 Å². The molecule has 0 aliphatic carbocycles. The van der Waals surface area contributed by atoms with Crippen LogP contribution < -0.4 is 9.47 Å². The molecule has 0 aromatic heterocycles. The number of unbranched alkanes of at least 4 members (excludes halogenated alkanes) is 2. The first-order chi connectivity index (χ1) is 11.1. The van der Waals surface area contributed by atoms with E-state index in [0.29, 0.717) is 0 Å². The van der Waals surface area contributed by atoms with E-state index in [9.17, 15) is 0 Å². The fraction of sp³-hybridized carbons (Fsp3) is 0.429. The van der Waals surface area contributed by atoms with E-state index in [1.807, 2.05) is 0 Å². The fourth-order valence-electron chi connectivity index (χ4n) is 2.96. The summed E-state index contributed by atoms with van der Waals surface area (Å²) < 4.78 is 11.4. The Bertz CT molecular complexity index is 634. The summed E-state index contributed by atoms with van der Waals surface area (Å²) >= 11 is 0. The molecule has 0 heterocycles. The van der Waals surface area contributed by atoms with Crippen molar-refractivity contribution < 1.29 is 9.47 Å². The van der Waals surface area contributed by atoms with Gasteiger partial charge in [0, 0.05) is 0 Å². The maximum Gasteiger partial charge on any atom is 0.130 e. The zero-order valence-corrected chi connectivity index (χ0v) is 15.0. The number of aryl methyl sites for hydroxylation is 3. The SMILES string of the molecule is CCCCCc1cc(OC)c(-c2cc(C)ccc2C)c(OC)c1. The summed E-state index contributed by atoms with van der Waals surface area (Å²) in [7, 11) is 3.47. The Balaban J connectivity index is 2.51. The van der Waals surface area contributed by atoms with Crippen LogP contribution in [0, 0.1) is 13.8 Å². The van der Waals surface area contributed by atoms with Gasteiger partial charge in [0.05, 0.1) is 19.8 Å². The molecule has 2 rings (SSSR count).